The molecule has 0 spiro atoms. The van der Waals surface area contributed by atoms with E-state index < -0.39 is 0 Å². The summed E-state index contributed by atoms with van der Waals surface area (Å²) in [6, 6.07) is 5.91. The maximum atomic E-state index is 5.26. The Bertz CT molecular complexity index is 520. The monoisotopic (exact) mass is 200 g/mol. The van der Waals surface area contributed by atoms with Crippen molar-refractivity contribution in [1.82, 2.24) is 10.2 Å². The minimum absolute atomic E-state index is 0.731. The number of benzene rings is 1. The van der Waals surface area contributed by atoms with Crippen LogP contribution in [0.25, 0.3) is 17.0 Å². The smallest absolute Gasteiger partial charge is 0.147 e. The third-order valence-electron chi connectivity index (χ3n) is 2.25. The van der Waals surface area contributed by atoms with Gasteiger partial charge in [-0.3, -0.25) is 0 Å². The summed E-state index contributed by atoms with van der Waals surface area (Å²) in [4.78, 5) is 0. The van der Waals surface area contributed by atoms with Gasteiger partial charge >= 0.3 is 0 Å². The SMILES string of the molecule is C=Cc1cc(OC)c2nnc(C)cc2c1. The molecule has 1 aromatic carbocycles. The van der Waals surface area contributed by atoms with Crippen molar-refractivity contribution in [1.29, 1.82) is 0 Å². The van der Waals surface area contributed by atoms with Gasteiger partial charge in [-0.2, -0.15) is 5.10 Å². The van der Waals surface area contributed by atoms with Crippen molar-refractivity contribution < 1.29 is 4.74 Å². The lowest BCUT2D eigenvalue weighted by atomic mass is 10.1. The van der Waals surface area contributed by atoms with Crippen molar-refractivity contribution in [3.05, 3.63) is 36.0 Å². The van der Waals surface area contributed by atoms with Crippen LogP contribution in [0.3, 0.4) is 0 Å². The molecule has 0 radical (unpaired) electrons. The predicted octanol–water partition coefficient (Wildman–Crippen LogP) is 2.59. The molecule has 0 aliphatic rings. The summed E-state index contributed by atoms with van der Waals surface area (Å²) in [5.41, 5.74) is 2.70. The quantitative estimate of drug-likeness (QED) is 0.747. The van der Waals surface area contributed by atoms with Gasteiger partial charge in [0.05, 0.1) is 12.8 Å². The second-order valence-electron chi connectivity index (χ2n) is 3.35. The summed E-state index contributed by atoms with van der Waals surface area (Å²) in [7, 11) is 1.63. The van der Waals surface area contributed by atoms with Gasteiger partial charge in [-0.15, -0.1) is 5.10 Å². The second kappa shape index (κ2) is 3.69. The van der Waals surface area contributed by atoms with Gasteiger partial charge in [0, 0.05) is 5.39 Å². The molecule has 3 nitrogen and oxygen atoms in total. The number of aryl methyl sites for hydroxylation is 1. The van der Waals surface area contributed by atoms with Crippen LogP contribution >= 0.6 is 0 Å². The molecule has 76 valence electrons. The third kappa shape index (κ3) is 1.68. The van der Waals surface area contributed by atoms with E-state index in [0.717, 1.165) is 27.9 Å². The molecule has 0 atom stereocenters. The zero-order chi connectivity index (χ0) is 10.8. The Morgan fingerprint density at radius 1 is 1.27 bits per heavy atom. The summed E-state index contributed by atoms with van der Waals surface area (Å²) in [6.07, 6.45) is 1.79. The minimum Gasteiger partial charge on any atom is -0.494 e. The Balaban J connectivity index is 2.80. The largest absolute Gasteiger partial charge is 0.494 e. The number of rotatable bonds is 2. The standard InChI is InChI=1S/C12H12N2O/c1-4-9-6-10-5-8(2)13-14-12(10)11(7-9)15-3/h4-7H,1H2,2-3H3. The van der Waals surface area contributed by atoms with Crippen molar-refractivity contribution in [2.45, 2.75) is 6.92 Å². The molecule has 0 amide bonds. The fourth-order valence-corrected chi connectivity index (χ4v) is 1.52. The summed E-state index contributed by atoms with van der Waals surface area (Å²) in [5.74, 6) is 0.731. The molecule has 0 N–H and O–H groups in total. The molecule has 0 bridgehead atoms. The van der Waals surface area contributed by atoms with Gasteiger partial charge < -0.3 is 4.74 Å². The molecule has 0 aliphatic carbocycles. The summed E-state index contributed by atoms with van der Waals surface area (Å²) in [5, 5.41) is 9.16. The van der Waals surface area contributed by atoms with Crippen LogP contribution in [0.4, 0.5) is 0 Å². The Labute approximate surface area is 88.4 Å². The predicted molar refractivity (Wildman–Crippen MR) is 60.9 cm³/mol. The zero-order valence-electron chi connectivity index (χ0n) is 8.82. The summed E-state index contributed by atoms with van der Waals surface area (Å²) < 4.78 is 5.26. The Morgan fingerprint density at radius 3 is 2.73 bits per heavy atom. The molecule has 2 aromatic rings. The van der Waals surface area contributed by atoms with E-state index in [4.69, 9.17) is 4.74 Å². The van der Waals surface area contributed by atoms with Crippen molar-refractivity contribution in [2.75, 3.05) is 7.11 Å². The highest BCUT2D eigenvalue weighted by atomic mass is 16.5. The first-order chi connectivity index (χ1) is 7.24. The fourth-order valence-electron chi connectivity index (χ4n) is 1.52. The van der Waals surface area contributed by atoms with Crippen molar-refractivity contribution >= 4 is 17.0 Å². The highest BCUT2D eigenvalue weighted by molar-refractivity contribution is 5.86. The van der Waals surface area contributed by atoms with Crippen LogP contribution in [0.5, 0.6) is 5.75 Å². The summed E-state index contributed by atoms with van der Waals surface area (Å²) >= 11 is 0. The first-order valence-corrected chi connectivity index (χ1v) is 4.69. The molecule has 1 aromatic heterocycles. The van der Waals surface area contributed by atoms with Gasteiger partial charge in [-0.1, -0.05) is 12.7 Å². The van der Waals surface area contributed by atoms with Crippen LogP contribution in [0.2, 0.25) is 0 Å². The van der Waals surface area contributed by atoms with Crippen LogP contribution in [0, 0.1) is 6.92 Å². The van der Waals surface area contributed by atoms with E-state index in [-0.39, 0.29) is 0 Å². The van der Waals surface area contributed by atoms with Gasteiger partial charge in [-0.05, 0) is 30.7 Å². The molecule has 0 saturated carbocycles. The highest BCUT2D eigenvalue weighted by Gasteiger charge is 2.05. The molecule has 2 rings (SSSR count). The third-order valence-corrected chi connectivity index (χ3v) is 2.25. The average Bonchev–Trinajstić information content (AvgIpc) is 2.26. The molecule has 0 fully saturated rings. The topological polar surface area (TPSA) is 35.0 Å². The van der Waals surface area contributed by atoms with Crippen molar-refractivity contribution in [3.63, 3.8) is 0 Å². The fraction of sp³-hybridized carbons (Fsp3) is 0.167. The van der Waals surface area contributed by atoms with E-state index in [1.165, 1.54) is 0 Å². The molecule has 0 aliphatic heterocycles. The molecular formula is C12H12N2O. The Morgan fingerprint density at radius 2 is 2.07 bits per heavy atom. The normalized spacial score (nSPS) is 10.3. The maximum Gasteiger partial charge on any atom is 0.147 e. The molecule has 0 unspecified atom stereocenters. The zero-order valence-corrected chi connectivity index (χ0v) is 8.82. The summed E-state index contributed by atoms with van der Waals surface area (Å²) in [6.45, 7) is 5.66. The van der Waals surface area contributed by atoms with Gasteiger partial charge in [0.1, 0.15) is 11.3 Å². The minimum atomic E-state index is 0.731. The number of ether oxygens (including phenoxy) is 1. The van der Waals surface area contributed by atoms with E-state index in [9.17, 15) is 0 Å². The van der Waals surface area contributed by atoms with E-state index in [1.54, 1.807) is 13.2 Å². The van der Waals surface area contributed by atoms with Crippen LogP contribution in [0.15, 0.2) is 24.8 Å². The second-order valence-corrected chi connectivity index (χ2v) is 3.35. The van der Waals surface area contributed by atoms with Crippen LogP contribution in [-0.4, -0.2) is 17.3 Å². The lowest BCUT2D eigenvalue weighted by molar-refractivity contribution is 0.418. The Kier molecular flexibility index (Phi) is 2.37. The Hall–Kier alpha value is -1.90. The van der Waals surface area contributed by atoms with Gasteiger partial charge in [0.2, 0.25) is 0 Å². The number of nitrogens with zero attached hydrogens (tertiary/aromatic N) is 2. The van der Waals surface area contributed by atoms with Crippen LogP contribution < -0.4 is 4.74 Å². The number of hydrogen-bond donors (Lipinski definition) is 0. The lowest BCUT2D eigenvalue weighted by Crippen LogP contribution is -1.92. The number of aromatic nitrogens is 2. The number of fused-ring (bicyclic) bond motifs is 1. The number of hydrogen-bond acceptors (Lipinski definition) is 3. The van der Waals surface area contributed by atoms with Gasteiger partial charge in [0.15, 0.2) is 0 Å². The average molecular weight is 200 g/mol. The van der Waals surface area contributed by atoms with Crippen LogP contribution in [-0.2, 0) is 0 Å². The van der Waals surface area contributed by atoms with Gasteiger partial charge in [0.25, 0.3) is 0 Å². The van der Waals surface area contributed by atoms with E-state index >= 15 is 0 Å². The lowest BCUT2D eigenvalue weighted by Gasteiger charge is -2.06. The van der Waals surface area contributed by atoms with Crippen molar-refractivity contribution in [3.8, 4) is 5.75 Å². The first-order valence-electron chi connectivity index (χ1n) is 4.69. The van der Waals surface area contributed by atoms with E-state index in [0.29, 0.717) is 0 Å². The first kappa shape index (κ1) is 9.65. The highest BCUT2D eigenvalue weighted by Crippen LogP contribution is 2.25. The maximum absolute atomic E-state index is 5.26. The van der Waals surface area contributed by atoms with E-state index in [2.05, 4.69) is 16.8 Å². The van der Waals surface area contributed by atoms with E-state index in [1.807, 2.05) is 25.1 Å². The molecular weight excluding hydrogens is 188 g/mol. The molecule has 1 heterocycles. The molecule has 15 heavy (non-hydrogen) atoms. The number of methoxy groups -OCH3 is 1. The van der Waals surface area contributed by atoms with Crippen molar-refractivity contribution in [2.24, 2.45) is 0 Å². The van der Waals surface area contributed by atoms with Crippen LogP contribution in [0.1, 0.15) is 11.3 Å². The molecule has 3 heteroatoms. The molecule has 0 saturated heterocycles. The van der Waals surface area contributed by atoms with Gasteiger partial charge in [-0.25, -0.2) is 0 Å².